The van der Waals surface area contributed by atoms with Gasteiger partial charge < -0.3 is 9.47 Å². The smallest absolute Gasteiger partial charge is 0.437 e. The van der Waals surface area contributed by atoms with Gasteiger partial charge in [0.2, 0.25) is 0 Å². The summed E-state index contributed by atoms with van der Waals surface area (Å²) in [6, 6.07) is 3.87. The number of carbonyl (C=O) groups excluding carboxylic acids is 2. The monoisotopic (exact) mass is 458 g/mol. The molecule has 0 amide bonds. The van der Waals surface area contributed by atoms with E-state index in [1.807, 2.05) is 26.0 Å². The maximum atomic E-state index is 13.5. The van der Waals surface area contributed by atoms with Crippen LogP contribution in [-0.4, -0.2) is 46.9 Å². The summed E-state index contributed by atoms with van der Waals surface area (Å²) in [6.45, 7) is 6.56. The molecule has 1 aromatic rings. The van der Waals surface area contributed by atoms with Gasteiger partial charge in [-0.05, 0) is 67.9 Å². The Morgan fingerprint density at radius 3 is 2.28 bits per heavy atom. The lowest BCUT2D eigenvalue weighted by Crippen LogP contribution is -2.45. The Bertz CT molecular complexity index is 1120. The van der Waals surface area contributed by atoms with Crippen molar-refractivity contribution in [1.82, 2.24) is 4.31 Å². The summed E-state index contributed by atoms with van der Waals surface area (Å²) in [5, 5.41) is 0. The molecule has 2 aliphatic rings. The number of piperidine rings is 1. The lowest BCUT2D eigenvalue weighted by Gasteiger charge is -2.44. The van der Waals surface area contributed by atoms with Crippen LogP contribution >= 0.6 is 0 Å². The van der Waals surface area contributed by atoms with Gasteiger partial charge in [0.25, 0.3) is 0 Å². The predicted octanol–water partition coefficient (Wildman–Crippen LogP) is 4.21. The molecular weight excluding hydrogens is 428 g/mol. The highest BCUT2D eigenvalue weighted by Crippen LogP contribution is 2.48. The van der Waals surface area contributed by atoms with E-state index < -0.39 is 16.1 Å². The molecule has 1 atom stereocenters. The molecule has 0 saturated carbocycles. The molecule has 1 spiro atoms. The molecule has 1 fully saturated rings. The van der Waals surface area contributed by atoms with E-state index in [0.717, 1.165) is 22.3 Å². The van der Waals surface area contributed by atoms with Crippen molar-refractivity contribution in [3.05, 3.63) is 40.1 Å². The molecule has 3 rings (SSSR count). The second-order valence-electron chi connectivity index (χ2n) is 8.72. The molecule has 7 nitrogen and oxygen atoms in total. The van der Waals surface area contributed by atoms with E-state index in [0.29, 0.717) is 50.1 Å². The Labute approximate surface area is 190 Å². The average Bonchev–Trinajstić information content (AvgIpc) is 2.69. The zero-order valence-electron chi connectivity index (χ0n) is 19.3. The van der Waals surface area contributed by atoms with Crippen LogP contribution in [-0.2, 0) is 24.2 Å². The zero-order valence-corrected chi connectivity index (χ0v) is 20.1. The molecule has 32 heavy (non-hydrogen) atoms. The summed E-state index contributed by atoms with van der Waals surface area (Å²) in [5.41, 5.74) is 3.46. The Hall–Kier alpha value is -2.63. The van der Waals surface area contributed by atoms with Crippen LogP contribution in [0, 0.1) is 35.9 Å². The van der Waals surface area contributed by atoms with Crippen molar-refractivity contribution >= 4 is 27.4 Å². The molecule has 0 bridgehead atoms. The Morgan fingerprint density at radius 2 is 1.78 bits per heavy atom. The number of aryl methyl sites for hydroxylation is 2. The van der Waals surface area contributed by atoms with E-state index in [9.17, 15) is 13.8 Å². The van der Waals surface area contributed by atoms with E-state index in [-0.39, 0.29) is 11.2 Å². The Balaban J connectivity index is 2.06. The first-order valence-corrected chi connectivity index (χ1v) is 12.5. The van der Waals surface area contributed by atoms with E-state index >= 15 is 0 Å². The van der Waals surface area contributed by atoms with Gasteiger partial charge in [0.1, 0.15) is 15.7 Å². The first-order chi connectivity index (χ1) is 15.0. The third-order valence-corrected chi connectivity index (χ3v) is 7.68. The third-order valence-electron chi connectivity index (χ3n) is 6.33. The number of rotatable bonds is 3. The standard InChI is InChI=1S/C24H30N2O5S/c1-6-7-18-12-16(2)21(17(3)13-18)22-19(27)14-24(15-20(22)31-23(28)30-4)8-10-26(11-9-24)32(5,25)29/h12-13,25H,8-11,14-15H2,1-5H3. The second-order valence-corrected chi connectivity index (χ2v) is 10.8. The van der Waals surface area contributed by atoms with Gasteiger partial charge in [-0.3, -0.25) is 4.79 Å². The lowest BCUT2D eigenvalue weighted by atomic mass is 9.66. The summed E-state index contributed by atoms with van der Waals surface area (Å²) < 4.78 is 31.9. The van der Waals surface area contributed by atoms with Crippen LogP contribution in [0.2, 0.25) is 0 Å². The molecule has 1 aliphatic heterocycles. The summed E-state index contributed by atoms with van der Waals surface area (Å²) >= 11 is 0. The van der Waals surface area contributed by atoms with Crippen LogP contribution in [0.15, 0.2) is 17.9 Å². The van der Waals surface area contributed by atoms with Crippen molar-refractivity contribution in [2.24, 2.45) is 5.41 Å². The maximum absolute atomic E-state index is 13.5. The van der Waals surface area contributed by atoms with Gasteiger partial charge >= 0.3 is 6.16 Å². The minimum atomic E-state index is -2.79. The highest BCUT2D eigenvalue weighted by Gasteiger charge is 2.45. The average molecular weight is 459 g/mol. The normalized spacial score (nSPS) is 20.3. The number of carbonyl (C=O) groups is 2. The number of benzene rings is 1. The van der Waals surface area contributed by atoms with E-state index in [1.54, 1.807) is 11.2 Å². The van der Waals surface area contributed by atoms with Crippen LogP contribution in [0.3, 0.4) is 0 Å². The van der Waals surface area contributed by atoms with Gasteiger partial charge in [-0.25, -0.2) is 18.1 Å². The minimum absolute atomic E-state index is 0.0766. The van der Waals surface area contributed by atoms with Crippen LogP contribution in [0.1, 0.15) is 54.9 Å². The summed E-state index contributed by atoms with van der Waals surface area (Å²) in [4.78, 5) is 25.6. The number of ketones is 1. The minimum Gasteiger partial charge on any atom is -0.437 e. The van der Waals surface area contributed by atoms with Crippen molar-refractivity contribution < 1.29 is 23.3 Å². The van der Waals surface area contributed by atoms with Crippen molar-refractivity contribution in [3.8, 4) is 11.8 Å². The predicted molar refractivity (Wildman–Crippen MR) is 123 cm³/mol. The number of nitrogens with zero attached hydrogens (tertiary/aromatic N) is 1. The second kappa shape index (κ2) is 9.08. The number of hydrogen-bond acceptors (Lipinski definition) is 6. The number of methoxy groups -OCH3 is 1. The molecule has 1 unspecified atom stereocenters. The summed E-state index contributed by atoms with van der Waals surface area (Å²) in [6.07, 6.45) is 2.50. The molecule has 1 aliphatic carbocycles. The van der Waals surface area contributed by atoms with Gasteiger partial charge in [-0.1, -0.05) is 5.92 Å². The quantitative estimate of drug-likeness (QED) is 0.541. The number of Topliss-reactive ketones (excluding diaryl/α,β-unsaturated/α-hetero) is 1. The summed E-state index contributed by atoms with van der Waals surface area (Å²) in [5.74, 6) is 6.18. The van der Waals surface area contributed by atoms with Crippen LogP contribution in [0.25, 0.3) is 5.57 Å². The van der Waals surface area contributed by atoms with E-state index in [4.69, 9.17) is 14.3 Å². The fourth-order valence-electron chi connectivity index (χ4n) is 4.82. The van der Waals surface area contributed by atoms with Gasteiger partial charge in [-0.2, -0.15) is 0 Å². The van der Waals surface area contributed by atoms with E-state index in [2.05, 4.69) is 11.8 Å². The van der Waals surface area contributed by atoms with Crippen LogP contribution < -0.4 is 0 Å². The molecule has 8 heteroatoms. The SMILES string of the molecule is CC#Cc1cc(C)c(C2=C(OC(=O)OC)CC3(CCN(S(C)(=N)=O)CC3)CC2=O)c(C)c1. The van der Waals surface area contributed by atoms with Gasteiger partial charge in [0.05, 0.1) is 12.7 Å². The fourth-order valence-corrected chi connectivity index (χ4v) is 5.70. The molecule has 1 heterocycles. The highest BCUT2D eigenvalue weighted by molar-refractivity contribution is 7.89. The first kappa shape index (κ1) is 24.0. The number of nitrogens with one attached hydrogen (secondary N) is 1. The van der Waals surface area contributed by atoms with E-state index in [1.165, 1.54) is 13.4 Å². The van der Waals surface area contributed by atoms with Crippen molar-refractivity contribution in [2.75, 3.05) is 26.5 Å². The molecular formula is C24H30N2O5S. The van der Waals surface area contributed by atoms with Gasteiger partial charge in [-0.15, -0.1) is 5.92 Å². The van der Waals surface area contributed by atoms with Gasteiger partial charge in [0, 0.05) is 37.8 Å². The highest BCUT2D eigenvalue weighted by atomic mass is 32.2. The van der Waals surface area contributed by atoms with Crippen molar-refractivity contribution in [1.29, 1.82) is 4.78 Å². The molecule has 0 radical (unpaired) electrons. The Kier molecular flexibility index (Phi) is 6.82. The van der Waals surface area contributed by atoms with Crippen molar-refractivity contribution in [2.45, 2.75) is 46.5 Å². The molecule has 172 valence electrons. The molecule has 1 aromatic carbocycles. The molecule has 0 aromatic heterocycles. The van der Waals surface area contributed by atoms with Gasteiger partial charge in [0.15, 0.2) is 5.78 Å². The largest absolute Gasteiger partial charge is 0.513 e. The fraction of sp³-hybridized carbons (Fsp3) is 0.500. The van der Waals surface area contributed by atoms with Crippen molar-refractivity contribution in [3.63, 3.8) is 0 Å². The number of allylic oxidation sites excluding steroid dienone is 2. The van der Waals surface area contributed by atoms with Crippen LogP contribution in [0.5, 0.6) is 0 Å². The number of ether oxygens (including phenoxy) is 2. The topological polar surface area (TPSA) is 96.8 Å². The zero-order chi connectivity index (χ0) is 23.7. The Morgan fingerprint density at radius 1 is 1.19 bits per heavy atom. The summed E-state index contributed by atoms with van der Waals surface area (Å²) in [7, 11) is -1.55. The van der Waals surface area contributed by atoms with Crippen LogP contribution in [0.4, 0.5) is 4.79 Å². The number of hydrogen-bond donors (Lipinski definition) is 1. The first-order valence-electron chi connectivity index (χ1n) is 10.5. The molecule has 1 saturated heterocycles. The lowest BCUT2D eigenvalue weighted by molar-refractivity contribution is -0.117. The molecule has 1 N–H and O–H groups in total. The third kappa shape index (κ3) is 4.89. The maximum Gasteiger partial charge on any atom is 0.513 e.